The molecule has 0 atom stereocenters. The molecule has 0 spiro atoms. The number of aromatic nitrogens is 3. The van der Waals surface area contributed by atoms with E-state index in [1.54, 1.807) is 17.0 Å². The predicted molar refractivity (Wildman–Crippen MR) is 88.5 cm³/mol. The van der Waals surface area contributed by atoms with E-state index in [-0.39, 0.29) is 5.91 Å². The lowest BCUT2D eigenvalue weighted by molar-refractivity contribution is -0.111. The lowest BCUT2D eigenvalue weighted by Crippen LogP contribution is -2.07. The molecule has 0 saturated carbocycles. The fourth-order valence-corrected chi connectivity index (χ4v) is 2.44. The van der Waals surface area contributed by atoms with Gasteiger partial charge in [-0.25, -0.2) is 0 Å². The highest BCUT2D eigenvalue weighted by molar-refractivity contribution is 6.02. The summed E-state index contributed by atoms with van der Waals surface area (Å²) in [5.74, 6) is -0.155. The Balaban J connectivity index is 1.72. The molecule has 3 aromatic rings. The van der Waals surface area contributed by atoms with Gasteiger partial charge in [-0.1, -0.05) is 0 Å². The minimum Gasteiger partial charge on any atom is -0.348 e. The van der Waals surface area contributed by atoms with E-state index in [1.165, 1.54) is 11.6 Å². The van der Waals surface area contributed by atoms with E-state index in [2.05, 4.69) is 34.2 Å². The zero-order valence-corrected chi connectivity index (χ0v) is 12.7. The molecular weight excluding hydrogens is 276 g/mol. The number of carbonyl (C=O) groups excluding carboxylic acids is 1. The molecule has 0 fully saturated rings. The van der Waals surface area contributed by atoms with Crippen LogP contribution < -0.4 is 5.32 Å². The first-order valence-corrected chi connectivity index (χ1v) is 7.22. The van der Waals surface area contributed by atoms with Gasteiger partial charge in [0.15, 0.2) is 0 Å². The monoisotopic (exact) mass is 294 g/mol. The van der Waals surface area contributed by atoms with E-state index in [0.717, 1.165) is 23.2 Å². The van der Waals surface area contributed by atoms with Crippen LogP contribution in [-0.2, 0) is 18.4 Å². The molecule has 0 bridgehead atoms. The van der Waals surface area contributed by atoms with E-state index in [0.29, 0.717) is 0 Å². The lowest BCUT2D eigenvalue weighted by Gasteiger charge is -2.04. The number of carbonyl (C=O) groups is 1. The van der Waals surface area contributed by atoms with Crippen molar-refractivity contribution in [3.8, 4) is 0 Å². The Bertz CT molecular complexity index is 841. The molecule has 0 unspecified atom stereocenters. The summed E-state index contributed by atoms with van der Waals surface area (Å²) in [5, 5.41) is 8.05. The van der Waals surface area contributed by atoms with Gasteiger partial charge in [0.05, 0.1) is 6.20 Å². The average Bonchev–Trinajstić information content (AvgIpc) is 3.10. The number of nitrogens with zero attached hydrogens (tertiary/aromatic N) is 3. The number of hydrogen-bond acceptors (Lipinski definition) is 2. The fourth-order valence-electron chi connectivity index (χ4n) is 2.44. The molecule has 3 rings (SSSR count). The van der Waals surface area contributed by atoms with E-state index in [1.807, 2.05) is 31.4 Å². The van der Waals surface area contributed by atoms with E-state index >= 15 is 0 Å². The van der Waals surface area contributed by atoms with E-state index in [9.17, 15) is 4.79 Å². The van der Waals surface area contributed by atoms with Crippen molar-refractivity contribution in [1.29, 1.82) is 0 Å². The molecule has 112 valence electrons. The second-order valence-electron chi connectivity index (χ2n) is 5.15. The average molecular weight is 294 g/mol. The van der Waals surface area contributed by atoms with Crippen LogP contribution in [0.1, 0.15) is 12.5 Å². The highest BCUT2D eigenvalue weighted by Gasteiger charge is 2.03. The lowest BCUT2D eigenvalue weighted by atomic mass is 10.2. The zero-order valence-electron chi connectivity index (χ0n) is 12.7. The summed E-state index contributed by atoms with van der Waals surface area (Å²) in [4.78, 5) is 12.0. The van der Waals surface area contributed by atoms with Gasteiger partial charge in [-0.3, -0.25) is 9.48 Å². The molecule has 1 aromatic carbocycles. The summed E-state index contributed by atoms with van der Waals surface area (Å²) in [6.45, 7) is 3.04. The number of aryl methyl sites for hydroxylation is 2. The SMILES string of the molecule is CCn1ccc2cc(NC(=O)C=Cc3cnn(C)c3)ccc21. The number of nitrogens with one attached hydrogen (secondary N) is 1. The maximum atomic E-state index is 12.0. The second kappa shape index (κ2) is 5.89. The van der Waals surface area contributed by atoms with Crippen molar-refractivity contribution in [2.24, 2.45) is 7.05 Å². The van der Waals surface area contributed by atoms with Gasteiger partial charge < -0.3 is 9.88 Å². The van der Waals surface area contributed by atoms with Gasteiger partial charge in [0, 0.05) is 54.2 Å². The van der Waals surface area contributed by atoms with Gasteiger partial charge in [0.2, 0.25) is 5.91 Å². The summed E-state index contributed by atoms with van der Waals surface area (Å²) < 4.78 is 3.87. The molecule has 0 radical (unpaired) electrons. The van der Waals surface area contributed by atoms with Crippen LogP contribution in [0, 0.1) is 0 Å². The molecule has 0 saturated heterocycles. The number of amides is 1. The van der Waals surface area contributed by atoms with Gasteiger partial charge in [-0.05, 0) is 37.3 Å². The quantitative estimate of drug-likeness (QED) is 0.752. The van der Waals surface area contributed by atoms with Crippen LogP contribution in [-0.4, -0.2) is 20.3 Å². The van der Waals surface area contributed by atoms with E-state index < -0.39 is 0 Å². The minimum absolute atomic E-state index is 0.155. The normalized spacial score (nSPS) is 11.4. The Labute approximate surface area is 128 Å². The van der Waals surface area contributed by atoms with Crippen LogP contribution in [0.2, 0.25) is 0 Å². The molecule has 5 nitrogen and oxygen atoms in total. The first-order chi connectivity index (χ1) is 10.7. The van der Waals surface area contributed by atoms with Gasteiger partial charge in [-0.15, -0.1) is 0 Å². The predicted octanol–water partition coefficient (Wildman–Crippen LogP) is 3.05. The van der Waals surface area contributed by atoms with Crippen molar-refractivity contribution < 1.29 is 4.79 Å². The molecule has 0 aliphatic carbocycles. The zero-order chi connectivity index (χ0) is 15.5. The Kier molecular flexibility index (Phi) is 3.78. The molecule has 2 heterocycles. The Morgan fingerprint density at radius 2 is 2.23 bits per heavy atom. The minimum atomic E-state index is -0.155. The third-order valence-electron chi connectivity index (χ3n) is 3.53. The molecule has 1 N–H and O–H groups in total. The number of rotatable bonds is 4. The molecular formula is C17H18N4O. The molecule has 1 amide bonds. The van der Waals surface area contributed by atoms with E-state index in [4.69, 9.17) is 0 Å². The first-order valence-electron chi connectivity index (χ1n) is 7.22. The van der Waals surface area contributed by atoms with Crippen molar-refractivity contribution in [3.05, 3.63) is 54.5 Å². The highest BCUT2D eigenvalue weighted by Crippen LogP contribution is 2.20. The largest absolute Gasteiger partial charge is 0.348 e. The smallest absolute Gasteiger partial charge is 0.248 e. The summed E-state index contributed by atoms with van der Waals surface area (Å²) in [6, 6.07) is 7.99. The van der Waals surface area contributed by atoms with Crippen molar-refractivity contribution >= 4 is 28.6 Å². The van der Waals surface area contributed by atoms with Crippen LogP contribution in [0.3, 0.4) is 0 Å². The number of anilines is 1. The Morgan fingerprint density at radius 3 is 2.95 bits per heavy atom. The summed E-state index contributed by atoms with van der Waals surface area (Å²) in [7, 11) is 1.84. The summed E-state index contributed by atoms with van der Waals surface area (Å²) in [5.41, 5.74) is 2.86. The van der Waals surface area contributed by atoms with Crippen LogP contribution in [0.5, 0.6) is 0 Å². The first kappa shape index (κ1) is 14.1. The Hall–Kier alpha value is -2.82. The third kappa shape index (κ3) is 2.93. The standard InChI is InChI=1S/C17H18N4O/c1-3-21-9-8-14-10-15(5-6-16(14)21)19-17(22)7-4-13-11-18-20(2)12-13/h4-12H,3H2,1-2H3,(H,19,22). The van der Waals surface area contributed by atoms with Gasteiger partial charge in [-0.2, -0.15) is 5.10 Å². The third-order valence-corrected chi connectivity index (χ3v) is 3.53. The number of benzene rings is 1. The highest BCUT2D eigenvalue weighted by atomic mass is 16.1. The van der Waals surface area contributed by atoms with Gasteiger partial charge in [0.25, 0.3) is 0 Å². The van der Waals surface area contributed by atoms with Crippen molar-refractivity contribution in [2.75, 3.05) is 5.32 Å². The van der Waals surface area contributed by atoms with Crippen LogP contribution >= 0.6 is 0 Å². The van der Waals surface area contributed by atoms with Crippen molar-refractivity contribution in [1.82, 2.24) is 14.3 Å². The summed E-state index contributed by atoms with van der Waals surface area (Å²) in [6.07, 6.45) is 8.87. The van der Waals surface area contributed by atoms with Gasteiger partial charge >= 0.3 is 0 Å². The number of hydrogen-bond donors (Lipinski definition) is 1. The van der Waals surface area contributed by atoms with Crippen LogP contribution in [0.4, 0.5) is 5.69 Å². The van der Waals surface area contributed by atoms with Crippen molar-refractivity contribution in [3.63, 3.8) is 0 Å². The topological polar surface area (TPSA) is 51.9 Å². The maximum Gasteiger partial charge on any atom is 0.248 e. The van der Waals surface area contributed by atoms with Crippen LogP contribution in [0.15, 0.2) is 48.9 Å². The number of fused-ring (bicyclic) bond motifs is 1. The molecule has 5 heteroatoms. The van der Waals surface area contributed by atoms with Crippen molar-refractivity contribution in [2.45, 2.75) is 13.5 Å². The Morgan fingerprint density at radius 1 is 1.36 bits per heavy atom. The maximum absolute atomic E-state index is 12.0. The molecule has 22 heavy (non-hydrogen) atoms. The molecule has 2 aromatic heterocycles. The summed E-state index contributed by atoms with van der Waals surface area (Å²) >= 11 is 0. The second-order valence-corrected chi connectivity index (χ2v) is 5.15. The molecule has 0 aliphatic rings. The molecule has 0 aliphatic heterocycles. The van der Waals surface area contributed by atoms with Gasteiger partial charge in [0.1, 0.15) is 0 Å². The fraction of sp³-hybridized carbons (Fsp3) is 0.176. The van der Waals surface area contributed by atoms with Crippen LogP contribution in [0.25, 0.3) is 17.0 Å².